The molecule has 0 unspecified atom stereocenters. The van der Waals surface area contributed by atoms with Gasteiger partial charge in [-0.1, -0.05) is 32.7 Å². The van der Waals surface area contributed by atoms with E-state index in [-0.39, 0.29) is 12.8 Å². The normalized spacial score (nSPS) is 17.1. The molecule has 1 aliphatic rings. The molecule has 0 saturated heterocycles. The van der Waals surface area contributed by atoms with Crippen LogP contribution in [0.2, 0.25) is 0 Å². The molecule has 0 heterocycles. The molecular formula is C17H29F2N3S. The topological polar surface area (TPSA) is 50.1 Å². The van der Waals surface area contributed by atoms with Gasteiger partial charge in [-0.2, -0.15) is 0 Å². The van der Waals surface area contributed by atoms with Gasteiger partial charge in [-0.25, -0.2) is 8.78 Å². The van der Waals surface area contributed by atoms with Gasteiger partial charge in [0.05, 0.1) is 11.4 Å². The van der Waals surface area contributed by atoms with Crippen LogP contribution in [0.25, 0.3) is 0 Å². The quantitative estimate of drug-likeness (QED) is 0.463. The van der Waals surface area contributed by atoms with E-state index < -0.39 is 5.92 Å². The summed E-state index contributed by atoms with van der Waals surface area (Å²) in [6.07, 6.45) is 1.16. The molecule has 0 atom stereocenters. The van der Waals surface area contributed by atoms with Crippen LogP contribution < -0.4 is 15.8 Å². The molecule has 1 aliphatic carbocycles. The highest BCUT2D eigenvalue weighted by atomic mass is 32.2. The Morgan fingerprint density at radius 3 is 2.48 bits per heavy atom. The maximum absolute atomic E-state index is 13.1. The molecule has 23 heavy (non-hydrogen) atoms. The van der Waals surface area contributed by atoms with Crippen molar-refractivity contribution in [2.45, 2.75) is 52.4 Å². The molecule has 132 valence electrons. The van der Waals surface area contributed by atoms with E-state index in [4.69, 9.17) is 5.73 Å². The van der Waals surface area contributed by atoms with Crippen LogP contribution in [0.3, 0.4) is 0 Å². The predicted octanol–water partition coefficient (Wildman–Crippen LogP) is 5.61. The summed E-state index contributed by atoms with van der Waals surface area (Å²) in [4.78, 5) is 0. The minimum absolute atomic E-state index is 0.00588. The zero-order valence-electron chi connectivity index (χ0n) is 14.3. The molecule has 1 fully saturated rings. The third-order valence-corrected chi connectivity index (χ3v) is 4.47. The van der Waals surface area contributed by atoms with Crippen molar-refractivity contribution in [2.75, 3.05) is 28.1 Å². The van der Waals surface area contributed by atoms with Crippen molar-refractivity contribution in [3.63, 3.8) is 0 Å². The number of halogens is 2. The average Bonchev–Trinajstić information content (AvgIpc) is 2.55. The number of rotatable bonds is 6. The van der Waals surface area contributed by atoms with E-state index in [0.29, 0.717) is 31.0 Å². The molecule has 0 amide bonds. The minimum atomic E-state index is -2.46. The summed E-state index contributed by atoms with van der Waals surface area (Å²) in [6.45, 7) is 6.78. The van der Waals surface area contributed by atoms with Gasteiger partial charge in [-0.15, -0.1) is 0 Å². The first kappa shape index (κ1) is 19.9. The van der Waals surface area contributed by atoms with E-state index in [0.717, 1.165) is 17.1 Å². The third kappa shape index (κ3) is 6.85. The summed E-state index contributed by atoms with van der Waals surface area (Å²) in [6, 6.07) is 5.79. The predicted molar refractivity (Wildman–Crippen MR) is 99.4 cm³/mol. The first-order valence-electron chi connectivity index (χ1n) is 8.39. The summed E-state index contributed by atoms with van der Waals surface area (Å²) in [5, 5.41) is 3.29. The molecule has 0 aromatic heterocycles. The van der Waals surface area contributed by atoms with Crippen LogP contribution in [0.1, 0.15) is 46.5 Å². The molecule has 0 radical (unpaired) electrons. The Labute approximate surface area is 142 Å². The molecule has 3 nitrogen and oxygen atoms in total. The second-order valence-corrected chi connectivity index (χ2v) is 6.59. The SMILES string of the molecule is CC.CCSNc1ccc(NCC2CCC(F)(F)CC2)c(N)c1. The molecule has 1 aromatic carbocycles. The fourth-order valence-electron chi connectivity index (χ4n) is 2.50. The molecule has 0 aliphatic heterocycles. The summed E-state index contributed by atoms with van der Waals surface area (Å²) >= 11 is 1.61. The Morgan fingerprint density at radius 1 is 1.26 bits per heavy atom. The largest absolute Gasteiger partial charge is 0.397 e. The number of nitrogen functional groups attached to an aromatic ring is 1. The first-order valence-corrected chi connectivity index (χ1v) is 9.38. The van der Waals surface area contributed by atoms with Crippen LogP contribution in [0.4, 0.5) is 25.8 Å². The maximum Gasteiger partial charge on any atom is 0.248 e. The van der Waals surface area contributed by atoms with E-state index in [1.165, 1.54) is 0 Å². The highest BCUT2D eigenvalue weighted by molar-refractivity contribution is 8.00. The molecule has 1 saturated carbocycles. The monoisotopic (exact) mass is 345 g/mol. The number of benzene rings is 1. The Kier molecular flexibility index (Phi) is 8.52. The van der Waals surface area contributed by atoms with Crippen molar-refractivity contribution in [3.05, 3.63) is 18.2 Å². The van der Waals surface area contributed by atoms with Crippen molar-refractivity contribution < 1.29 is 8.78 Å². The molecule has 0 spiro atoms. The number of alkyl halides is 2. The fourth-order valence-corrected chi connectivity index (χ4v) is 2.94. The van der Waals surface area contributed by atoms with Gasteiger partial charge in [0.1, 0.15) is 0 Å². The van der Waals surface area contributed by atoms with Crippen LogP contribution >= 0.6 is 11.9 Å². The molecular weight excluding hydrogens is 316 g/mol. The number of hydrogen-bond acceptors (Lipinski definition) is 4. The molecule has 4 N–H and O–H groups in total. The lowest BCUT2D eigenvalue weighted by Gasteiger charge is -2.28. The number of anilines is 3. The van der Waals surface area contributed by atoms with Crippen molar-refractivity contribution >= 4 is 29.0 Å². The minimum Gasteiger partial charge on any atom is -0.397 e. The second-order valence-electron chi connectivity index (χ2n) is 5.52. The van der Waals surface area contributed by atoms with Gasteiger partial charge >= 0.3 is 0 Å². The molecule has 1 aromatic rings. The van der Waals surface area contributed by atoms with Crippen molar-refractivity contribution in [1.29, 1.82) is 0 Å². The van der Waals surface area contributed by atoms with E-state index in [1.54, 1.807) is 11.9 Å². The molecule has 2 rings (SSSR count). The summed E-state index contributed by atoms with van der Waals surface area (Å²) in [5.41, 5.74) is 8.55. The first-order chi connectivity index (χ1) is 11.0. The highest BCUT2D eigenvalue weighted by Crippen LogP contribution is 2.36. The highest BCUT2D eigenvalue weighted by Gasteiger charge is 2.34. The van der Waals surface area contributed by atoms with Gasteiger partial charge in [0.15, 0.2) is 0 Å². The number of hydrogen-bond donors (Lipinski definition) is 3. The van der Waals surface area contributed by atoms with Gasteiger partial charge in [0.25, 0.3) is 0 Å². The Hall–Kier alpha value is -1.17. The van der Waals surface area contributed by atoms with Crippen molar-refractivity contribution in [2.24, 2.45) is 5.92 Å². The second kappa shape index (κ2) is 9.85. The van der Waals surface area contributed by atoms with Gasteiger partial charge in [-0.05, 0) is 37.0 Å². The van der Waals surface area contributed by atoms with Crippen molar-refractivity contribution in [3.8, 4) is 0 Å². The standard InChI is InChI=1S/C15H23F2N3S.C2H6/c1-2-21-20-12-3-4-14(13(18)9-12)19-10-11-5-7-15(16,17)8-6-11;1-2/h3-4,9,11,19-20H,2,5-8,10,18H2,1H3;1-2H3. The van der Waals surface area contributed by atoms with Crippen LogP contribution in [0, 0.1) is 5.92 Å². The lowest BCUT2D eigenvalue weighted by molar-refractivity contribution is -0.0443. The van der Waals surface area contributed by atoms with Crippen LogP contribution in [0.5, 0.6) is 0 Å². The third-order valence-electron chi connectivity index (χ3n) is 3.80. The van der Waals surface area contributed by atoms with Gasteiger partial charge in [0, 0.05) is 30.8 Å². The van der Waals surface area contributed by atoms with Crippen molar-refractivity contribution in [1.82, 2.24) is 0 Å². The van der Waals surface area contributed by atoms with E-state index in [1.807, 2.05) is 32.0 Å². The van der Waals surface area contributed by atoms with Crippen LogP contribution in [-0.4, -0.2) is 18.2 Å². The molecule has 0 bridgehead atoms. The Morgan fingerprint density at radius 2 is 1.91 bits per heavy atom. The maximum atomic E-state index is 13.1. The average molecular weight is 346 g/mol. The van der Waals surface area contributed by atoms with Gasteiger partial charge < -0.3 is 15.8 Å². The van der Waals surface area contributed by atoms with E-state index in [9.17, 15) is 8.78 Å². The van der Waals surface area contributed by atoms with Crippen LogP contribution in [-0.2, 0) is 0 Å². The fraction of sp³-hybridized carbons (Fsp3) is 0.647. The summed E-state index contributed by atoms with van der Waals surface area (Å²) in [7, 11) is 0. The lowest BCUT2D eigenvalue weighted by atomic mass is 9.87. The Balaban J connectivity index is 0.00000127. The zero-order valence-corrected chi connectivity index (χ0v) is 15.1. The van der Waals surface area contributed by atoms with Crippen LogP contribution in [0.15, 0.2) is 18.2 Å². The summed E-state index contributed by atoms with van der Waals surface area (Å²) in [5.74, 6) is -1.18. The smallest absolute Gasteiger partial charge is 0.248 e. The van der Waals surface area contributed by atoms with E-state index >= 15 is 0 Å². The van der Waals surface area contributed by atoms with Gasteiger partial charge in [-0.3, -0.25) is 0 Å². The molecule has 6 heteroatoms. The number of nitrogens with two attached hydrogens (primary N) is 1. The zero-order chi connectivity index (χ0) is 17.3. The lowest BCUT2D eigenvalue weighted by Crippen LogP contribution is -2.28. The Bertz CT molecular complexity index is 459. The summed E-state index contributed by atoms with van der Waals surface area (Å²) < 4.78 is 29.4. The van der Waals surface area contributed by atoms with Gasteiger partial charge in [0.2, 0.25) is 5.92 Å². The number of nitrogens with one attached hydrogen (secondary N) is 2. The van der Waals surface area contributed by atoms with E-state index in [2.05, 4.69) is 17.0 Å².